The van der Waals surface area contributed by atoms with Gasteiger partial charge in [-0.3, -0.25) is 10.4 Å². The molecule has 0 bridgehead atoms. The molecule has 1 rings (SSSR count). The minimum Gasteiger partial charge on any atom is -0.312 e. The van der Waals surface area contributed by atoms with Gasteiger partial charge in [0.1, 0.15) is 0 Å². The number of nitrogens with zero attached hydrogens (tertiary/aromatic N) is 2. The minimum atomic E-state index is 0.694. The molecule has 1 aromatic rings. The van der Waals surface area contributed by atoms with Crippen LogP contribution in [0.2, 0.25) is 0 Å². The Morgan fingerprint density at radius 1 is 1.38 bits per heavy atom. The van der Waals surface area contributed by atoms with Crippen molar-refractivity contribution in [1.82, 2.24) is 5.43 Å². The molecule has 3 N–H and O–H groups in total. The van der Waals surface area contributed by atoms with Gasteiger partial charge < -0.3 is 4.90 Å². The fraction of sp³-hybridized carbons (Fsp3) is 0.417. The van der Waals surface area contributed by atoms with Gasteiger partial charge in [0.05, 0.1) is 0 Å². The lowest BCUT2D eigenvalue weighted by Gasteiger charge is -2.25. The van der Waals surface area contributed by atoms with Gasteiger partial charge in [0, 0.05) is 19.3 Å². The Morgan fingerprint density at radius 3 is 2.56 bits per heavy atom. The van der Waals surface area contributed by atoms with E-state index in [0.717, 1.165) is 25.1 Å². The summed E-state index contributed by atoms with van der Waals surface area (Å²) in [4.78, 5) is 6.23. The first-order valence-electron chi connectivity index (χ1n) is 5.59. The molecular formula is C12H20N4. The summed E-state index contributed by atoms with van der Waals surface area (Å²) in [7, 11) is 1.73. The van der Waals surface area contributed by atoms with E-state index in [9.17, 15) is 0 Å². The van der Waals surface area contributed by atoms with Gasteiger partial charge in [-0.2, -0.15) is 0 Å². The van der Waals surface area contributed by atoms with Crippen molar-refractivity contribution in [3.63, 3.8) is 0 Å². The summed E-state index contributed by atoms with van der Waals surface area (Å²) in [5.74, 6) is 6.16. The highest BCUT2D eigenvalue weighted by molar-refractivity contribution is 5.95. The lowest BCUT2D eigenvalue weighted by Crippen LogP contribution is -2.45. The van der Waals surface area contributed by atoms with Crippen molar-refractivity contribution < 1.29 is 0 Å². The Kier molecular flexibility index (Phi) is 5.36. The number of para-hydroxylation sites is 1. The zero-order valence-electron chi connectivity index (χ0n) is 9.98. The number of guanidine groups is 1. The molecule has 0 aromatic heterocycles. The Hall–Kier alpha value is -1.55. The van der Waals surface area contributed by atoms with Crippen LogP contribution >= 0.6 is 0 Å². The average molecular weight is 220 g/mol. The second-order valence-corrected chi connectivity index (χ2v) is 3.53. The largest absolute Gasteiger partial charge is 0.312 e. The SMILES string of the molecule is CCCCN(C(=NC)NN)c1ccccc1. The van der Waals surface area contributed by atoms with Gasteiger partial charge in [0.2, 0.25) is 5.96 Å². The topological polar surface area (TPSA) is 53.6 Å². The molecule has 0 unspecified atom stereocenters. The van der Waals surface area contributed by atoms with E-state index in [2.05, 4.69) is 34.4 Å². The van der Waals surface area contributed by atoms with Gasteiger partial charge in [-0.15, -0.1) is 0 Å². The molecule has 16 heavy (non-hydrogen) atoms. The zero-order valence-corrected chi connectivity index (χ0v) is 9.98. The molecule has 1 aromatic carbocycles. The molecule has 0 radical (unpaired) electrons. The first kappa shape index (κ1) is 12.5. The first-order valence-corrected chi connectivity index (χ1v) is 5.59. The Labute approximate surface area is 97.1 Å². The van der Waals surface area contributed by atoms with Crippen molar-refractivity contribution in [2.75, 3.05) is 18.5 Å². The van der Waals surface area contributed by atoms with Gasteiger partial charge in [0.15, 0.2) is 0 Å². The van der Waals surface area contributed by atoms with Crippen molar-refractivity contribution in [2.45, 2.75) is 19.8 Å². The van der Waals surface area contributed by atoms with Gasteiger partial charge >= 0.3 is 0 Å². The summed E-state index contributed by atoms with van der Waals surface area (Å²) in [5.41, 5.74) is 3.74. The van der Waals surface area contributed by atoms with Crippen LogP contribution in [0, 0.1) is 0 Å². The summed E-state index contributed by atoms with van der Waals surface area (Å²) in [6.45, 7) is 3.08. The number of hydrogen-bond donors (Lipinski definition) is 2. The molecule has 0 amide bonds. The van der Waals surface area contributed by atoms with Crippen LogP contribution in [-0.4, -0.2) is 19.6 Å². The average Bonchev–Trinajstić information content (AvgIpc) is 2.35. The van der Waals surface area contributed by atoms with Crippen LogP contribution in [0.3, 0.4) is 0 Å². The third kappa shape index (κ3) is 3.24. The van der Waals surface area contributed by atoms with Gasteiger partial charge in [-0.05, 0) is 18.6 Å². The quantitative estimate of drug-likeness (QED) is 0.352. The van der Waals surface area contributed by atoms with Gasteiger partial charge in [0.25, 0.3) is 0 Å². The molecule has 0 saturated carbocycles. The predicted octanol–water partition coefficient (Wildman–Crippen LogP) is 1.74. The van der Waals surface area contributed by atoms with Crippen molar-refractivity contribution in [2.24, 2.45) is 10.8 Å². The summed E-state index contributed by atoms with van der Waals surface area (Å²) < 4.78 is 0. The number of anilines is 1. The van der Waals surface area contributed by atoms with Crippen LogP contribution in [0.5, 0.6) is 0 Å². The van der Waals surface area contributed by atoms with Crippen molar-refractivity contribution in [3.8, 4) is 0 Å². The number of rotatable bonds is 4. The highest BCUT2D eigenvalue weighted by atomic mass is 15.4. The number of hydrogen-bond acceptors (Lipinski definition) is 2. The number of aliphatic imine (C=N–C) groups is 1. The third-order valence-electron chi connectivity index (χ3n) is 2.40. The molecule has 88 valence electrons. The smallest absolute Gasteiger partial charge is 0.212 e. The summed E-state index contributed by atoms with van der Waals surface area (Å²) in [5, 5.41) is 0. The van der Waals surface area contributed by atoms with E-state index in [1.54, 1.807) is 7.05 Å². The van der Waals surface area contributed by atoms with Gasteiger partial charge in [-0.25, -0.2) is 5.84 Å². The van der Waals surface area contributed by atoms with E-state index in [4.69, 9.17) is 5.84 Å². The lowest BCUT2D eigenvalue weighted by molar-refractivity contribution is 0.780. The molecule has 4 heteroatoms. The molecule has 4 nitrogen and oxygen atoms in total. The molecule has 0 aliphatic carbocycles. The molecule has 0 spiro atoms. The summed E-state index contributed by atoms with van der Waals surface area (Å²) in [6.07, 6.45) is 2.25. The second kappa shape index (κ2) is 6.85. The highest BCUT2D eigenvalue weighted by Crippen LogP contribution is 2.14. The van der Waals surface area contributed by atoms with E-state index in [1.165, 1.54) is 0 Å². The van der Waals surface area contributed by atoms with Crippen LogP contribution < -0.4 is 16.2 Å². The van der Waals surface area contributed by atoms with Crippen LogP contribution in [0.1, 0.15) is 19.8 Å². The fourth-order valence-electron chi connectivity index (χ4n) is 1.54. The van der Waals surface area contributed by atoms with Crippen LogP contribution in [-0.2, 0) is 0 Å². The first-order chi connectivity index (χ1) is 7.83. The van der Waals surface area contributed by atoms with E-state index in [0.29, 0.717) is 5.96 Å². The molecule has 0 fully saturated rings. The number of hydrazine groups is 1. The normalized spacial score (nSPS) is 11.3. The third-order valence-corrected chi connectivity index (χ3v) is 2.40. The second-order valence-electron chi connectivity index (χ2n) is 3.53. The molecular weight excluding hydrogens is 200 g/mol. The van der Waals surface area contributed by atoms with E-state index in [-0.39, 0.29) is 0 Å². The number of nitrogens with two attached hydrogens (primary N) is 1. The zero-order chi connectivity index (χ0) is 11.8. The van der Waals surface area contributed by atoms with Gasteiger partial charge in [-0.1, -0.05) is 31.5 Å². The summed E-state index contributed by atoms with van der Waals surface area (Å²) in [6, 6.07) is 10.1. The predicted molar refractivity (Wildman–Crippen MR) is 69.4 cm³/mol. The summed E-state index contributed by atoms with van der Waals surface area (Å²) >= 11 is 0. The number of unbranched alkanes of at least 4 members (excludes halogenated alkanes) is 1. The molecule has 0 atom stereocenters. The van der Waals surface area contributed by atoms with Crippen LogP contribution in [0.4, 0.5) is 5.69 Å². The van der Waals surface area contributed by atoms with E-state index in [1.807, 2.05) is 18.2 Å². The van der Waals surface area contributed by atoms with Crippen molar-refractivity contribution in [3.05, 3.63) is 30.3 Å². The molecule has 0 aliphatic rings. The molecule has 0 saturated heterocycles. The Balaban J connectivity index is 2.87. The van der Waals surface area contributed by atoms with Crippen LogP contribution in [0.25, 0.3) is 0 Å². The number of benzene rings is 1. The lowest BCUT2D eigenvalue weighted by atomic mass is 10.2. The number of nitrogens with one attached hydrogen (secondary N) is 1. The Morgan fingerprint density at radius 2 is 2.06 bits per heavy atom. The maximum Gasteiger partial charge on any atom is 0.212 e. The monoisotopic (exact) mass is 220 g/mol. The van der Waals surface area contributed by atoms with E-state index >= 15 is 0 Å². The van der Waals surface area contributed by atoms with Crippen LogP contribution in [0.15, 0.2) is 35.3 Å². The van der Waals surface area contributed by atoms with Crippen molar-refractivity contribution >= 4 is 11.6 Å². The van der Waals surface area contributed by atoms with E-state index < -0.39 is 0 Å². The molecule has 0 aliphatic heterocycles. The molecule has 0 heterocycles. The minimum absolute atomic E-state index is 0.694. The highest BCUT2D eigenvalue weighted by Gasteiger charge is 2.10. The Bertz CT molecular complexity index is 321. The maximum atomic E-state index is 5.47. The fourth-order valence-corrected chi connectivity index (χ4v) is 1.54. The van der Waals surface area contributed by atoms with Crippen molar-refractivity contribution in [1.29, 1.82) is 0 Å². The maximum absolute atomic E-state index is 5.47. The standard InChI is InChI=1S/C12H20N4/c1-3-4-10-16(12(14-2)15-13)11-8-6-5-7-9-11/h5-9H,3-4,10,13H2,1-2H3,(H,14,15).